The molecule has 0 amide bonds. The third-order valence-electron chi connectivity index (χ3n) is 3.09. The predicted octanol–water partition coefficient (Wildman–Crippen LogP) is 2.57. The molecule has 1 unspecified atom stereocenters. The molecule has 1 aliphatic rings. The first-order valence-electron chi connectivity index (χ1n) is 6.15. The molecule has 0 saturated carbocycles. The Labute approximate surface area is 101 Å². The largest absolute Gasteiger partial charge is 0.412 e. The molecule has 2 nitrogen and oxygen atoms in total. The summed E-state index contributed by atoms with van der Waals surface area (Å²) in [5, 5.41) is 3.30. The van der Waals surface area contributed by atoms with Gasteiger partial charge < -0.3 is 5.32 Å². The first-order valence-corrected chi connectivity index (χ1v) is 6.15. The van der Waals surface area contributed by atoms with Gasteiger partial charge in [0.1, 0.15) is 0 Å². The Morgan fingerprint density at radius 2 is 2.18 bits per heavy atom. The normalized spacial score (nSPS) is 20.2. The molecule has 0 radical (unpaired) electrons. The van der Waals surface area contributed by atoms with Gasteiger partial charge in [0.15, 0.2) is 0 Å². The van der Waals surface area contributed by atoms with Crippen molar-refractivity contribution >= 4 is 0 Å². The third-order valence-corrected chi connectivity index (χ3v) is 3.09. The summed E-state index contributed by atoms with van der Waals surface area (Å²) in [4.78, 5) is 2.07. The molecule has 0 aliphatic carbocycles. The van der Waals surface area contributed by atoms with Crippen LogP contribution < -0.4 is 5.32 Å². The highest BCUT2D eigenvalue weighted by molar-refractivity contribution is 5.12. The van der Waals surface area contributed by atoms with E-state index < -0.39 is 6.18 Å². The van der Waals surface area contributed by atoms with Gasteiger partial charge in [-0.3, -0.25) is 4.90 Å². The molecule has 100 valence electrons. The lowest BCUT2D eigenvalue weighted by Gasteiger charge is -2.28. The molecule has 1 rings (SSSR count). The fraction of sp³-hybridized carbons (Fsp3) is 0.833. The summed E-state index contributed by atoms with van der Waals surface area (Å²) in [6.45, 7) is 6.88. The summed E-state index contributed by atoms with van der Waals surface area (Å²) in [6, 6.07) is 0.424. The summed E-state index contributed by atoms with van der Waals surface area (Å²) >= 11 is 0. The zero-order valence-corrected chi connectivity index (χ0v) is 10.5. The second kappa shape index (κ2) is 6.40. The number of nitrogens with one attached hydrogen (secondary N) is 1. The zero-order valence-electron chi connectivity index (χ0n) is 10.5. The highest BCUT2D eigenvalue weighted by Gasteiger charge is 2.34. The Kier molecular flexibility index (Phi) is 5.46. The second-order valence-corrected chi connectivity index (χ2v) is 4.53. The summed E-state index contributed by atoms with van der Waals surface area (Å²) < 4.78 is 37.2. The smallest absolute Gasteiger partial charge is 0.314 e. The van der Waals surface area contributed by atoms with E-state index in [4.69, 9.17) is 0 Å². The monoisotopic (exact) mass is 250 g/mol. The summed E-state index contributed by atoms with van der Waals surface area (Å²) in [5.74, 6) is 0. The van der Waals surface area contributed by atoms with Crippen molar-refractivity contribution in [2.75, 3.05) is 26.2 Å². The van der Waals surface area contributed by atoms with Crippen LogP contribution in [0.5, 0.6) is 0 Å². The molecule has 1 heterocycles. The van der Waals surface area contributed by atoms with Crippen LogP contribution in [0.15, 0.2) is 11.6 Å². The van der Waals surface area contributed by atoms with Crippen molar-refractivity contribution < 1.29 is 13.2 Å². The molecule has 1 atom stereocenters. The zero-order chi connectivity index (χ0) is 12.9. The fourth-order valence-corrected chi connectivity index (χ4v) is 2.00. The van der Waals surface area contributed by atoms with Crippen molar-refractivity contribution in [1.82, 2.24) is 10.2 Å². The van der Waals surface area contributed by atoms with Crippen molar-refractivity contribution in [1.29, 1.82) is 0 Å². The van der Waals surface area contributed by atoms with Gasteiger partial charge in [-0.05, 0) is 32.9 Å². The van der Waals surface area contributed by atoms with Gasteiger partial charge in [0.05, 0.1) is 0 Å². The second-order valence-electron chi connectivity index (χ2n) is 4.53. The van der Waals surface area contributed by atoms with Gasteiger partial charge in [-0.25, -0.2) is 0 Å². The maximum absolute atomic E-state index is 12.4. The lowest BCUT2D eigenvalue weighted by molar-refractivity contribution is -0.0960. The topological polar surface area (TPSA) is 15.3 Å². The molecule has 0 spiro atoms. The van der Waals surface area contributed by atoms with Crippen molar-refractivity contribution in [2.24, 2.45) is 0 Å². The van der Waals surface area contributed by atoms with Crippen molar-refractivity contribution in [3.05, 3.63) is 11.6 Å². The van der Waals surface area contributed by atoms with Crippen LogP contribution in [0.2, 0.25) is 0 Å². The number of halogens is 3. The first kappa shape index (κ1) is 14.5. The van der Waals surface area contributed by atoms with Gasteiger partial charge in [0.2, 0.25) is 0 Å². The summed E-state index contributed by atoms with van der Waals surface area (Å²) in [6.07, 6.45) is -1.72. The molecule has 1 aliphatic heterocycles. The summed E-state index contributed by atoms with van der Waals surface area (Å²) in [7, 11) is 0. The maximum Gasteiger partial charge on any atom is 0.412 e. The van der Waals surface area contributed by atoms with Crippen LogP contribution >= 0.6 is 0 Å². The fourth-order valence-electron chi connectivity index (χ4n) is 2.00. The van der Waals surface area contributed by atoms with Gasteiger partial charge >= 0.3 is 6.18 Å². The van der Waals surface area contributed by atoms with E-state index >= 15 is 0 Å². The number of rotatable bonds is 5. The highest BCUT2D eigenvalue weighted by Crippen LogP contribution is 2.30. The Hall–Kier alpha value is -0.550. The SMILES string of the molecule is CCNC(C)CCN1CC=C(C(F)(F)F)CC1. The molecule has 0 bridgehead atoms. The molecule has 0 aromatic carbocycles. The molecular formula is C12H21F3N2. The quantitative estimate of drug-likeness (QED) is 0.754. The summed E-state index contributed by atoms with van der Waals surface area (Å²) in [5.41, 5.74) is -0.367. The molecule has 0 aromatic heterocycles. The Morgan fingerprint density at radius 1 is 1.47 bits per heavy atom. The standard InChI is InChI=1S/C12H21F3N2/c1-3-16-10(2)4-7-17-8-5-11(6-9-17)12(13,14)15/h5,10,16H,3-4,6-9H2,1-2H3. The van der Waals surface area contributed by atoms with Crippen molar-refractivity contribution in [2.45, 2.75) is 38.9 Å². The molecular weight excluding hydrogens is 229 g/mol. The van der Waals surface area contributed by atoms with Gasteiger partial charge in [-0.15, -0.1) is 0 Å². The van der Waals surface area contributed by atoms with Gasteiger partial charge in [-0.2, -0.15) is 13.2 Å². The lowest BCUT2D eigenvalue weighted by Crippen LogP contribution is -2.36. The minimum atomic E-state index is -4.14. The van der Waals surface area contributed by atoms with Crippen LogP contribution in [0.1, 0.15) is 26.7 Å². The maximum atomic E-state index is 12.4. The average Bonchev–Trinajstić information content (AvgIpc) is 2.26. The van der Waals surface area contributed by atoms with E-state index in [2.05, 4.69) is 24.1 Å². The molecule has 5 heteroatoms. The predicted molar refractivity (Wildman–Crippen MR) is 63.0 cm³/mol. The van der Waals surface area contributed by atoms with E-state index in [1.54, 1.807) is 0 Å². The van der Waals surface area contributed by atoms with Crippen molar-refractivity contribution in [3.8, 4) is 0 Å². The van der Waals surface area contributed by atoms with Crippen LogP contribution in [-0.4, -0.2) is 43.3 Å². The van der Waals surface area contributed by atoms with Gasteiger partial charge in [0, 0.05) is 24.7 Å². The number of nitrogens with zero attached hydrogens (tertiary/aromatic N) is 1. The Bertz CT molecular complexity index is 261. The van der Waals surface area contributed by atoms with E-state index in [1.165, 1.54) is 6.08 Å². The molecule has 1 N–H and O–H groups in total. The first-order chi connectivity index (χ1) is 7.93. The molecule has 0 saturated heterocycles. The van der Waals surface area contributed by atoms with Crippen LogP contribution in [0.3, 0.4) is 0 Å². The van der Waals surface area contributed by atoms with Gasteiger partial charge in [0.25, 0.3) is 0 Å². The minimum absolute atomic E-state index is 0.124. The average molecular weight is 250 g/mol. The highest BCUT2D eigenvalue weighted by atomic mass is 19.4. The minimum Gasteiger partial charge on any atom is -0.314 e. The Balaban J connectivity index is 2.30. The number of hydrogen-bond donors (Lipinski definition) is 1. The van der Waals surface area contributed by atoms with Crippen LogP contribution in [0.4, 0.5) is 13.2 Å². The van der Waals surface area contributed by atoms with Crippen LogP contribution in [0, 0.1) is 0 Å². The van der Waals surface area contributed by atoms with E-state index in [1.807, 2.05) is 0 Å². The van der Waals surface area contributed by atoms with Crippen LogP contribution in [0.25, 0.3) is 0 Å². The van der Waals surface area contributed by atoms with E-state index in [9.17, 15) is 13.2 Å². The molecule has 0 aromatic rings. The van der Waals surface area contributed by atoms with Gasteiger partial charge in [-0.1, -0.05) is 13.0 Å². The van der Waals surface area contributed by atoms with E-state index in [0.717, 1.165) is 19.5 Å². The molecule has 0 fully saturated rings. The van der Waals surface area contributed by atoms with Crippen LogP contribution in [-0.2, 0) is 0 Å². The Morgan fingerprint density at radius 3 is 2.65 bits per heavy atom. The molecule has 17 heavy (non-hydrogen) atoms. The lowest BCUT2D eigenvalue weighted by atomic mass is 10.1. The van der Waals surface area contributed by atoms with E-state index in [0.29, 0.717) is 19.1 Å². The number of hydrogen-bond acceptors (Lipinski definition) is 2. The van der Waals surface area contributed by atoms with E-state index in [-0.39, 0.29) is 12.0 Å². The third kappa shape index (κ3) is 5.08. The van der Waals surface area contributed by atoms with Crippen molar-refractivity contribution in [3.63, 3.8) is 0 Å². The number of alkyl halides is 3.